The fourth-order valence-electron chi connectivity index (χ4n) is 2.67. The standard InChI is InChI=1S/C22H26O4/c1-3-17(16-25-21(23)18-11-7-5-8-12-18)15-20(4-2)26-22(24)19-13-9-6-10-14-19/h5-14,17,20H,3-4,15-16H2,1-2H3. The Morgan fingerprint density at radius 2 is 1.35 bits per heavy atom. The van der Waals surface area contributed by atoms with E-state index in [1.54, 1.807) is 24.3 Å². The van der Waals surface area contributed by atoms with E-state index < -0.39 is 0 Å². The lowest BCUT2D eigenvalue weighted by Gasteiger charge is -2.22. The lowest BCUT2D eigenvalue weighted by atomic mass is 9.98. The SMILES string of the molecule is CCC(COC(=O)c1ccccc1)CC(CC)OC(=O)c1ccccc1. The van der Waals surface area contributed by atoms with Gasteiger partial charge in [0, 0.05) is 0 Å². The Morgan fingerprint density at radius 3 is 1.85 bits per heavy atom. The Morgan fingerprint density at radius 1 is 0.808 bits per heavy atom. The van der Waals surface area contributed by atoms with Crippen LogP contribution in [0.5, 0.6) is 0 Å². The molecule has 2 rings (SSSR count). The first kappa shape index (κ1) is 19.7. The number of ether oxygens (including phenoxy) is 2. The van der Waals surface area contributed by atoms with Gasteiger partial charge in [0.15, 0.2) is 0 Å². The molecule has 0 aliphatic carbocycles. The largest absolute Gasteiger partial charge is 0.462 e. The van der Waals surface area contributed by atoms with Crippen LogP contribution < -0.4 is 0 Å². The van der Waals surface area contributed by atoms with E-state index >= 15 is 0 Å². The van der Waals surface area contributed by atoms with E-state index in [0.717, 1.165) is 12.8 Å². The summed E-state index contributed by atoms with van der Waals surface area (Å²) >= 11 is 0. The molecule has 0 N–H and O–H groups in total. The highest BCUT2D eigenvalue weighted by Gasteiger charge is 2.20. The van der Waals surface area contributed by atoms with Crippen LogP contribution in [0.1, 0.15) is 53.8 Å². The molecule has 0 saturated heterocycles. The summed E-state index contributed by atoms with van der Waals surface area (Å²) in [6, 6.07) is 17.9. The second-order valence-electron chi connectivity index (χ2n) is 6.28. The number of benzene rings is 2. The maximum Gasteiger partial charge on any atom is 0.338 e. The topological polar surface area (TPSA) is 52.6 Å². The van der Waals surface area contributed by atoms with Gasteiger partial charge in [0.1, 0.15) is 6.10 Å². The molecule has 4 nitrogen and oxygen atoms in total. The minimum atomic E-state index is -0.321. The van der Waals surface area contributed by atoms with E-state index in [9.17, 15) is 9.59 Å². The van der Waals surface area contributed by atoms with Gasteiger partial charge < -0.3 is 9.47 Å². The van der Waals surface area contributed by atoms with Gasteiger partial charge in [0.2, 0.25) is 0 Å². The molecule has 2 atom stereocenters. The first-order valence-electron chi connectivity index (χ1n) is 9.12. The van der Waals surface area contributed by atoms with Crippen LogP contribution in [0.2, 0.25) is 0 Å². The lowest BCUT2D eigenvalue weighted by Crippen LogP contribution is -2.24. The van der Waals surface area contributed by atoms with Crippen molar-refractivity contribution in [1.29, 1.82) is 0 Å². The van der Waals surface area contributed by atoms with Gasteiger partial charge in [-0.15, -0.1) is 0 Å². The van der Waals surface area contributed by atoms with Gasteiger partial charge in [-0.3, -0.25) is 0 Å². The fourth-order valence-corrected chi connectivity index (χ4v) is 2.67. The molecular weight excluding hydrogens is 328 g/mol. The van der Waals surface area contributed by atoms with Crippen LogP contribution in [0.4, 0.5) is 0 Å². The summed E-state index contributed by atoms with van der Waals surface area (Å²) < 4.78 is 11.1. The Balaban J connectivity index is 1.86. The number of carbonyl (C=O) groups is 2. The molecule has 0 radical (unpaired) electrons. The van der Waals surface area contributed by atoms with Crippen LogP contribution in [0.3, 0.4) is 0 Å². The summed E-state index contributed by atoms with van der Waals surface area (Å²) in [5, 5.41) is 0. The van der Waals surface area contributed by atoms with E-state index in [4.69, 9.17) is 9.47 Å². The molecule has 0 fully saturated rings. The van der Waals surface area contributed by atoms with Crippen molar-refractivity contribution in [3.05, 3.63) is 71.8 Å². The van der Waals surface area contributed by atoms with Crippen LogP contribution in [-0.2, 0) is 9.47 Å². The molecular formula is C22H26O4. The van der Waals surface area contributed by atoms with Crippen molar-refractivity contribution in [1.82, 2.24) is 0 Å². The van der Waals surface area contributed by atoms with E-state index in [0.29, 0.717) is 24.2 Å². The van der Waals surface area contributed by atoms with Crippen molar-refractivity contribution in [3.8, 4) is 0 Å². The zero-order valence-corrected chi connectivity index (χ0v) is 15.4. The average Bonchev–Trinajstić information content (AvgIpc) is 2.71. The van der Waals surface area contributed by atoms with Crippen molar-refractivity contribution in [2.24, 2.45) is 5.92 Å². The highest BCUT2D eigenvalue weighted by atomic mass is 16.5. The first-order valence-corrected chi connectivity index (χ1v) is 9.12. The smallest absolute Gasteiger partial charge is 0.338 e. The molecule has 0 spiro atoms. The quantitative estimate of drug-likeness (QED) is 0.601. The third-order valence-corrected chi connectivity index (χ3v) is 4.37. The molecule has 0 saturated carbocycles. The molecule has 2 unspecified atom stereocenters. The summed E-state index contributed by atoms with van der Waals surface area (Å²) in [5.41, 5.74) is 1.10. The molecule has 0 aliphatic rings. The van der Waals surface area contributed by atoms with Gasteiger partial charge >= 0.3 is 11.9 Å². The van der Waals surface area contributed by atoms with E-state index in [-0.39, 0.29) is 24.0 Å². The Kier molecular flexibility index (Phi) is 7.87. The monoisotopic (exact) mass is 354 g/mol. The van der Waals surface area contributed by atoms with Gasteiger partial charge in [-0.25, -0.2) is 9.59 Å². The molecule has 0 aromatic heterocycles. The fraction of sp³-hybridized carbons (Fsp3) is 0.364. The Bertz CT molecular complexity index is 682. The number of hydrogen-bond donors (Lipinski definition) is 0. The highest BCUT2D eigenvalue weighted by Crippen LogP contribution is 2.18. The summed E-state index contributed by atoms with van der Waals surface area (Å²) in [6.45, 7) is 4.36. The molecule has 0 heterocycles. The number of carbonyl (C=O) groups excluding carboxylic acids is 2. The predicted molar refractivity (Wildman–Crippen MR) is 101 cm³/mol. The average molecular weight is 354 g/mol. The van der Waals surface area contributed by atoms with Gasteiger partial charge in [-0.1, -0.05) is 50.2 Å². The molecule has 138 valence electrons. The van der Waals surface area contributed by atoms with Crippen molar-refractivity contribution in [2.45, 2.75) is 39.2 Å². The van der Waals surface area contributed by atoms with E-state index in [1.807, 2.05) is 50.2 Å². The van der Waals surface area contributed by atoms with Crippen molar-refractivity contribution in [3.63, 3.8) is 0 Å². The van der Waals surface area contributed by atoms with Crippen LogP contribution in [0.15, 0.2) is 60.7 Å². The summed E-state index contributed by atoms with van der Waals surface area (Å²) in [4.78, 5) is 24.3. The van der Waals surface area contributed by atoms with Gasteiger partial charge in [-0.2, -0.15) is 0 Å². The zero-order chi connectivity index (χ0) is 18.8. The van der Waals surface area contributed by atoms with Crippen molar-refractivity contribution >= 4 is 11.9 Å². The Hall–Kier alpha value is -2.62. The Labute approximate surface area is 155 Å². The molecule has 2 aromatic carbocycles. The predicted octanol–water partition coefficient (Wildman–Crippen LogP) is 4.90. The van der Waals surface area contributed by atoms with Gasteiger partial charge in [0.05, 0.1) is 17.7 Å². The zero-order valence-electron chi connectivity index (χ0n) is 15.4. The molecule has 0 bridgehead atoms. The van der Waals surface area contributed by atoms with Crippen molar-refractivity contribution in [2.75, 3.05) is 6.61 Å². The molecule has 0 aliphatic heterocycles. The maximum absolute atomic E-state index is 12.2. The molecule has 26 heavy (non-hydrogen) atoms. The third-order valence-electron chi connectivity index (χ3n) is 4.37. The minimum Gasteiger partial charge on any atom is -0.462 e. The minimum absolute atomic E-state index is 0.149. The molecule has 2 aromatic rings. The van der Waals surface area contributed by atoms with E-state index in [1.165, 1.54) is 0 Å². The van der Waals surface area contributed by atoms with Gasteiger partial charge in [0.25, 0.3) is 0 Å². The summed E-state index contributed by atoms with van der Waals surface area (Å²) in [7, 11) is 0. The second kappa shape index (κ2) is 10.4. The number of rotatable bonds is 9. The maximum atomic E-state index is 12.2. The van der Waals surface area contributed by atoms with Crippen LogP contribution in [0.25, 0.3) is 0 Å². The lowest BCUT2D eigenvalue weighted by molar-refractivity contribution is 0.0144. The normalized spacial score (nSPS) is 12.8. The highest BCUT2D eigenvalue weighted by molar-refractivity contribution is 5.89. The van der Waals surface area contributed by atoms with Crippen molar-refractivity contribution < 1.29 is 19.1 Å². The number of hydrogen-bond acceptors (Lipinski definition) is 4. The van der Waals surface area contributed by atoms with Gasteiger partial charge in [-0.05, 0) is 49.4 Å². The van der Waals surface area contributed by atoms with Crippen LogP contribution in [-0.4, -0.2) is 24.6 Å². The second-order valence-corrected chi connectivity index (χ2v) is 6.28. The molecule has 4 heteroatoms. The summed E-state index contributed by atoms with van der Waals surface area (Å²) in [5.74, 6) is -0.483. The van der Waals surface area contributed by atoms with Crippen LogP contribution >= 0.6 is 0 Å². The molecule has 0 amide bonds. The van der Waals surface area contributed by atoms with Crippen LogP contribution in [0, 0.1) is 5.92 Å². The van der Waals surface area contributed by atoms with E-state index in [2.05, 4.69) is 0 Å². The number of esters is 2. The third kappa shape index (κ3) is 6.03. The first-order chi connectivity index (χ1) is 12.6. The summed E-state index contributed by atoms with van der Waals surface area (Å²) in [6.07, 6.45) is 2.06.